The first kappa shape index (κ1) is 23.7. The van der Waals surface area contributed by atoms with Crippen molar-refractivity contribution in [2.24, 2.45) is 11.5 Å². The normalized spacial score (nSPS) is 13.0. The summed E-state index contributed by atoms with van der Waals surface area (Å²) in [7, 11) is 1.77. The van der Waals surface area contributed by atoms with Crippen molar-refractivity contribution in [1.82, 2.24) is 4.90 Å². The largest absolute Gasteiger partial charge is 0.491 e. The second kappa shape index (κ2) is 12.2. The molecule has 0 unspecified atom stereocenters. The summed E-state index contributed by atoms with van der Waals surface area (Å²) in [5, 5.41) is 2.28. The zero-order valence-corrected chi connectivity index (χ0v) is 18.7. The highest BCUT2D eigenvalue weighted by molar-refractivity contribution is 5.83. The van der Waals surface area contributed by atoms with E-state index in [1.54, 1.807) is 11.9 Å². The Hall–Kier alpha value is -2.93. The molecule has 0 saturated heterocycles. The van der Waals surface area contributed by atoms with Gasteiger partial charge in [-0.2, -0.15) is 0 Å². The van der Waals surface area contributed by atoms with E-state index in [1.165, 1.54) is 0 Å². The van der Waals surface area contributed by atoms with E-state index in [2.05, 4.69) is 12.1 Å². The summed E-state index contributed by atoms with van der Waals surface area (Å²) in [6.07, 6.45) is 1.53. The van der Waals surface area contributed by atoms with Crippen LogP contribution in [0.3, 0.4) is 0 Å². The van der Waals surface area contributed by atoms with Crippen molar-refractivity contribution in [1.29, 1.82) is 0 Å². The van der Waals surface area contributed by atoms with Gasteiger partial charge in [-0.05, 0) is 47.9 Å². The molecule has 0 aliphatic rings. The van der Waals surface area contributed by atoms with Crippen LogP contribution in [-0.4, -0.2) is 49.7 Å². The summed E-state index contributed by atoms with van der Waals surface area (Å²) in [5.74, 6) is 0.611. The number of likely N-dealkylation sites (N-methyl/N-ethyl adjacent to an activating group) is 1. The van der Waals surface area contributed by atoms with Gasteiger partial charge in [-0.3, -0.25) is 4.79 Å². The zero-order chi connectivity index (χ0) is 22.8. The molecular weight excluding hydrogens is 402 g/mol. The average Bonchev–Trinajstić information content (AvgIpc) is 2.83. The standard InChI is InChI=1S/C26H33N3O3/c1-29(26(30)25(28)19-31-17-20-8-3-2-4-9-20)23(12-7-15-27)18-32-24-14-13-21-10-5-6-11-22(21)16-24/h2-6,8-11,13-14,16,23,25H,7,12,15,17-19,27-28H2,1H3/t23-,25-/m0/s1. The molecule has 0 bridgehead atoms. The first-order chi connectivity index (χ1) is 15.6. The number of nitrogens with zero attached hydrogens (tertiary/aromatic N) is 1. The van der Waals surface area contributed by atoms with Gasteiger partial charge in [-0.1, -0.05) is 60.7 Å². The number of carbonyl (C=O) groups is 1. The molecule has 3 aromatic carbocycles. The van der Waals surface area contributed by atoms with Crippen LogP contribution in [0.25, 0.3) is 10.8 Å². The van der Waals surface area contributed by atoms with E-state index in [9.17, 15) is 4.79 Å². The Labute approximate surface area is 190 Å². The van der Waals surface area contributed by atoms with Crippen molar-refractivity contribution in [3.63, 3.8) is 0 Å². The molecule has 0 aliphatic carbocycles. The average molecular weight is 436 g/mol. The number of fused-ring (bicyclic) bond motifs is 1. The maximum absolute atomic E-state index is 12.9. The van der Waals surface area contributed by atoms with E-state index >= 15 is 0 Å². The summed E-state index contributed by atoms with van der Waals surface area (Å²) in [6.45, 7) is 1.51. The van der Waals surface area contributed by atoms with Crippen LogP contribution in [0.2, 0.25) is 0 Å². The minimum atomic E-state index is -0.732. The van der Waals surface area contributed by atoms with Crippen molar-refractivity contribution in [2.75, 3.05) is 26.8 Å². The highest BCUT2D eigenvalue weighted by Gasteiger charge is 2.25. The lowest BCUT2D eigenvalue weighted by atomic mass is 10.1. The molecule has 0 saturated carbocycles. The first-order valence-corrected chi connectivity index (χ1v) is 11.0. The maximum Gasteiger partial charge on any atom is 0.241 e. The Morgan fingerprint density at radius 3 is 2.44 bits per heavy atom. The van der Waals surface area contributed by atoms with E-state index < -0.39 is 6.04 Å². The smallest absolute Gasteiger partial charge is 0.241 e. The molecule has 0 spiro atoms. The number of ether oxygens (including phenoxy) is 2. The lowest BCUT2D eigenvalue weighted by Crippen LogP contribution is -2.50. The van der Waals surface area contributed by atoms with Gasteiger partial charge in [0.1, 0.15) is 18.4 Å². The fourth-order valence-electron chi connectivity index (χ4n) is 3.58. The molecule has 0 heterocycles. The molecule has 0 aliphatic heterocycles. The second-order valence-electron chi connectivity index (χ2n) is 7.96. The number of hydrogen-bond acceptors (Lipinski definition) is 5. The molecule has 6 nitrogen and oxygen atoms in total. The second-order valence-corrected chi connectivity index (χ2v) is 7.96. The number of hydrogen-bond donors (Lipinski definition) is 2. The third kappa shape index (κ3) is 6.79. The Morgan fingerprint density at radius 2 is 1.69 bits per heavy atom. The van der Waals surface area contributed by atoms with Gasteiger partial charge in [0.2, 0.25) is 5.91 Å². The Morgan fingerprint density at radius 1 is 0.969 bits per heavy atom. The van der Waals surface area contributed by atoms with Crippen LogP contribution in [-0.2, 0) is 16.1 Å². The summed E-state index contributed by atoms with van der Waals surface area (Å²) < 4.78 is 11.7. The van der Waals surface area contributed by atoms with E-state index in [0.29, 0.717) is 19.8 Å². The summed E-state index contributed by atoms with van der Waals surface area (Å²) in [5.41, 5.74) is 12.9. The van der Waals surface area contributed by atoms with Crippen LogP contribution >= 0.6 is 0 Å². The fraction of sp³-hybridized carbons (Fsp3) is 0.346. The molecule has 2 atom stereocenters. The monoisotopic (exact) mass is 435 g/mol. The molecule has 0 radical (unpaired) electrons. The maximum atomic E-state index is 12.9. The van der Waals surface area contributed by atoms with Crippen molar-refractivity contribution in [3.8, 4) is 5.75 Å². The highest BCUT2D eigenvalue weighted by atomic mass is 16.5. The predicted molar refractivity (Wildman–Crippen MR) is 128 cm³/mol. The molecular formula is C26H33N3O3. The molecule has 3 aromatic rings. The zero-order valence-electron chi connectivity index (χ0n) is 18.7. The molecule has 170 valence electrons. The SMILES string of the molecule is CN(C(=O)[C@@H](N)COCc1ccccc1)[C@@H](CCCN)COc1ccc2ccccc2c1. The Balaban J connectivity index is 1.55. The quantitative estimate of drug-likeness (QED) is 0.455. The minimum Gasteiger partial charge on any atom is -0.491 e. The molecule has 6 heteroatoms. The van der Waals surface area contributed by atoms with Crippen LogP contribution in [0.15, 0.2) is 72.8 Å². The van der Waals surface area contributed by atoms with Crippen molar-refractivity contribution in [3.05, 3.63) is 78.4 Å². The van der Waals surface area contributed by atoms with Gasteiger partial charge in [-0.25, -0.2) is 0 Å². The lowest BCUT2D eigenvalue weighted by molar-refractivity contribution is -0.135. The van der Waals surface area contributed by atoms with Gasteiger partial charge in [0.25, 0.3) is 0 Å². The summed E-state index contributed by atoms with van der Waals surface area (Å²) in [4.78, 5) is 14.6. The van der Waals surface area contributed by atoms with Gasteiger partial charge in [0.05, 0.1) is 19.3 Å². The van der Waals surface area contributed by atoms with Crippen LogP contribution < -0.4 is 16.2 Å². The van der Waals surface area contributed by atoms with Gasteiger partial charge < -0.3 is 25.8 Å². The molecule has 32 heavy (non-hydrogen) atoms. The van der Waals surface area contributed by atoms with Crippen molar-refractivity contribution in [2.45, 2.75) is 31.5 Å². The number of nitrogens with two attached hydrogens (primary N) is 2. The van der Waals surface area contributed by atoms with E-state index in [0.717, 1.165) is 34.9 Å². The van der Waals surface area contributed by atoms with E-state index in [4.69, 9.17) is 20.9 Å². The van der Waals surface area contributed by atoms with E-state index in [-0.39, 0.29) is 18.6 Å². The van der Waals surface area contributed by atoms with Crippen molar-refractivity contribution >= 4 is 16.7 Å². The first-order valence-electron chi connectivity index (χ1n) is 11.0. The Bertz CT molecular complexity index is 980. The van der Waals surface area contributed by atoms with Crippen LogP contribution in [0, 0.1) is 0 Å². The highest BCUT2D eigenvalue weighted by Crippen LogP contribution is 2.21. The van der Waals surface area contributed by atoms with Crippen molar-refractivity contribution < 1.29 is 14.3 Å². The predicted octanol–water partition coefficient (Wildman–Crippen LogP) is 3.33. The van der Waals surface area contributed by atoms with Gasteiger partial charge in [-0.15, -0.1) is 0 Å². The number of rotatable bonds is 12. The lowest BCUT2D eigenvalue weighted by Gasteiger charge is -2.30. The molecule has 0 aromatic heterocycles. The number of benzene rings is 3. The minimum absolute atomic E-state index is 0.127. The number of carbonyl (C=O) groups excluding carboxylic acids is 1. The molecule has 1 amide bonds. The third-order valence-corrected chi connectivity index (χ3v) is 5.53. The fourth-order valence-corrected chi connectivity index (χ4v) is 3.58. The van der Waals surface area contributed by atoms with Gasteiger partial charge >= 0.3 is 0 Å². The topological polar surface area (TPSA) is 90.8 Å². The van der Waals surface area contributed by atoms with Crippen LogP contribution in [0.1, 0.15) is 18.4 Å². The molecule has 3 rings (SSSR count). The summed E-state index contributed by atoms with van der Waals surface area (Å²) >= 11 is 0. The van der Waals surface area contributed by atoms with E-state index in [1.807, 2.05) is 60.7 Å². The van der Waals surface area contributed by atoms with Crippen LogP contribution in [0.4, 0.5) is 0 Å². The third-order valence-electron chi connectivity index (χ3n) is 5.53. The Kier molecular flexibility index (Phi) is 9.04. The number of amides is 1. The summed E-state index contributed by atoms with van der Waals surface area (Å²) in [6, 6.07) is 23.1. The molecule has 0 fully saturated rings. The van der Waals surface area contributed by atoms with Gasteiger partial charge in [0, 0.05) is 7.05 Å². The van der Waals surface area contributed by atoms with Gasteiger partial charge in [0.15, 0.2) is 0 Å². The van der Waals surface area contributed by atoms with Crippen LogP contribution in [0.5, 0.6) is 5.75 Å². The molecule has 4 N–H and O–H groups in total.